The number of likely N-dealkylation sites (tertiary alicyclic amines) is 1. The molecule has 5 rings (SSSR count). The molecule has 0 unspecified atom stereocenters. The molecule has 9 nitrogen and oxygen atoms in total. The number of aromatic amines is 1. The van der Waals surface area contributed by atoms with Crippen molar-refractivity contribution in [3.63, 3.8) is 0 Å². The van der Waals surface area contributed by atoms with Crippen LogP contribution < -0.4 is 5.56 Å². The van der Waals surface area contributed by atoms with Crippen molar-refractivity contribution in [2.24, 2.45) is 0 Å². The lowest BCUT2D eigenvalue weighted by Crippen LogP contribution is -2.47. The van der Waals surface area contributed by atoms with Crippen LogP contribution in [0.4, 0.5) is 4.79 Å². The predicted octanol–water partition coefficient (Wildman–Crippen LogP) is 3.00. The summed E-state index contributed by atoms with van der Waals surface area (Å²) in [5.74, 6) is 1.30. The summed E-state index contributed by atoms with van der Waals surface area (Å²) in [6.45, 7) is 10.1. The van der Waals surface area contributed by atoms with Crippen molar-refractivity contribution in [1.29, 1.82) is 0 Å². The van der Waals surface area contributed by atoms with Crippen LogP contribution in [0.25, 0.3) is 11.4 Å². The molecule has 1 saturated heterocycles. The molecule has 32 heavy (non-hydrogen) atoms. The van der Waals surface area contributed by atoms with E-state index in [0.717, 1.165) is 42.5 Å². The number of carbonyl (C=O) groups is 1. The summed E-state index contributed by atoms with van der Waals surface area (Å²) >= 11 is 0. The lowest BCUT2D eigenvalue weighted by molar-refractivity contribution is 0.0161. The van der Waals surface area contributed by atoms with E-state index >= 15 is 0 Å². The number of rotatable bonds is 1. The zero-order valence-corrected chi connectivity index (χ0v) is 19.2. The Hall–Kier alpha value is -2.68. The number of carbonyl (C=O) groups excluding carboxylic acids is 1. The van der Waals surface area contributed by atoms with Crippen molar-refractivity contribution in [3.05, 3.63) is 33.5 Å². The van der Waals surface area contributed by atoms with Crippen LogP contribution in [0.15, 0.2) is 10.9 Å². The number of nitrogens with zero attached hydrogens (tertiary/aromatic N) is 4. The number of aromatic nitrogens is 4. The van der Waals surface area contributed by atoms with E-state index in [0.29, 0.717) is 37.9 Å². The van der Waals surface area contributed by atoms with E-state index in [2.05, 4.69) is 22.0 Å². The summed E-state index contributed by atoms with van der Waals surface area (Å²) in [5, 5.41) is 4.55. The van der Waals surface area contributed by atoms with Crippen molar-refractivity contribution < 1.29 is 14.3 Å². The standard InChI is InChI=1S/C23H31N5O4/c1-14-13-23(7-9-27(10-8-23)21(30)32-22(2,3)4)16-17(14)24-20-25-18(26-28(20)19(16)29)15-5-11-31-12-6-15/h5,14H,6-13H2,1-4H3,(H,24,25,26)/t14-/m1/s1. The number of amides is 1. The molecule has 1 aliphatic carbocycles. The largest absolute Gasteiger partial charge is 0.444 e. The first-order chi connectivity index (χ1) is 15.2. The number of hydrogen-bond acceptors (Lipinski definition) is 6. The van der Waals surface area contributed by atoms with Gasteiger partial charge in [-0.2, -0.15) is 9.50 Å². The van der Waals surface area contributed by atoms with Gasteiger partial charge in [0, 0.05) is 29.8 Å². The minimum absolute atomic E-state index is 0.0878. The normalized spacial score (nSPS) is 22.8. The van der Waals surface area contributed by atoms with Gasteiger partial charge in [0.15, 0.2) is 5.82 Å². The lowest BCUT2D eigenvalue weighted by Gasteiger charge is -2.40. The number of fused-ring (bicyclic) bond motifs is 3. The van der Waals surface area contributed by atoms with E-state index in [1.54, 1.807) is 4.90 Å². The monoisotopic (exact) mass is 441 g/mol. The van der Waals surface area contributed by atoms with E-state index in [1.807, 2.05) is 26.8 Å². The van der Waals surface area contributed by atoms with Crippen LogP contribution in [0.2, 0.25) is 0 Å². The van der Waals surface area contributed by atoms with Crippen molar-refractivity contribution in [2.45, 2.75) is 70.3 Å². The maximum Gasteiger partial charge on any atom is 0.410 e. The van der Waals surface area contributed by atoms with Gasteiger partial charge in [-0.05, 0) is 57.9 Å². The number of nitrogens with one attached hydrogen (secondary N) is 1. The van der Waals surface area contributed by atoms with Gasteiger partial charge in [0.25, 0.3) is 5.56 Å². The van der Waals surface area contributed by atoms with Gasteiger partial charge in [-0.3, -0.25) is 4.79 Å². The minimum Gasteiger partial charge on any atom is -0.444 e. The third-order valence-electron chi connectivity index (χ3n) is 6.87. The van der Waals surface area contributed by atoms with Gasteiger partial charge in [-0.25, -0.2) is 4.79 Å². The van der Waals surface area contributed by atoms with Crippen molar-refractivity contribution in [1.82, 2.24) is 24.5 Å². The van der Waals surface area contributed by atoms with Crippen molar-refractivity contribution >= 4 is 17.4 Å². The molecule has 1 atom stereocenters. The molecular formula is C23H31N5O4. The molecule has 0 bridgehead atoms. The Balaban J connectivity index is 1.47. The summed E-state index contributed by atoms with van der Waals surface area (Å²) in [6, 6.07) is 0. The van der Waals surface area contributed by atoms with E-state index < -0.39 is 5.60 Å². The lowest BCUT2D eigenvalue weighted by atomic mass is 9.74. The highest BCUT2D eigenvalue weighted by molar-refractivity contribution is 5.68. The van der Waals surface area contributed by atoms with Crippen LogP contribution in [0.3, 0.4) is 0 Å². The molecule has 1 amide bonds. The maximum absolute atomic E-state index is 13.6. The SMILES string of the molecule is C[C@@H]1CC2(CCN(C(=O)OC(C)(C)C)CC2)c2c1[nH]c1nc(C3=CCOCC3)nn1c2=O. The first-order valence-electron chi connectivity index (χ1n) is 11.5. The summed E-state index contributed by atoms with van der Waals surface area (Å²) in [6.07, 6.45) is 4.80. The summed E-state index contributed by atoms with van der Waals surface area (Å²) in [7, 11) is 0. The van der Waals surface area contributed by atoms with Crippen LogP contribution in [-0.4, -0.2) is 62.5 Å². The quantitative estimate of drug-likeness (QED) is 0.730. The van der Waals surface area contributed by atoms with E-state index in [1.165, 1.54) is 4.52 Å². The van der Waals surface area contributed by atoms with E-state index in [9.17, 15) is 9.59 Å². The third kappa shape index (κ3) is 3.52. The average molecular weight is 442 g/mol. The molecule has 2 aromatic heterocycles. The van der Waals surface area contributed by atoms with Gasteiger partial charge in [-0.1, -0.05) is 13.0 Å². The number of ether oxygens (including phenoxy) is 2. The van der Waals surface area contributed by atoms with Crippen molar-refractivity contribution in [3.8, 4) is 0 Å². The Morgan fingerprint density at radius 3 is 2.72 bits per heavy atom. The molecule has 1 N–H and O–H groups in total. The van der Waals surface area contributed by atoms with Crippen LogP contribution in [0.5, 0.6) is 0 Å². The summed E-state index contributed by atoms with van der Waals surface area (Å²) in [5.41, 5.74) is 1.94. The Bertz CT molecular complexity index is 1150. The fourth-order valence-electron chi connectivity index (χ4n) is 5.38. The topological polar surface area (TPSA) is 102 Å². The van der Waals surface area contributed by atoms with Gasteiger partial charge >= 0.3 is 6.09 Å². The summed E-state index contributed by atoms with van der Waals surface area (Å²) in [4.78, 5) is 35.9. The minimum atomic E-state index is -0.520. The van der Waals surface area contributed by atoms with Gasteiger partial charge in [-0.15, -0.1) is 5.10 Å². The van der Waals surface area contributed by atoms with E-state index in [4.69, 9.17) is 9.47 Å². The number of hydrogen-bond donors (Lipinski definition) is 1. The molecule has 4 heterocycles. The van der Waals surface area contributed by atoms with Gasteiger partial charge in [0.2, 0.25) is 5.78 Å². The Labute approximate surface area is 186 Å². The number of H-pyrrole nitrogens is 1. The highest BCUT2D eigenvalue weighted by Crippen LogP contribution is 2.49. The second kappa shape index (κ2) is 7.43. The van der Waals surface area contributed by atoms with Crippen LogP contribution in [-0.2, 0) is 14.9 Å². The first kappa shape index (κ1) is 21.2. The Morgan fingerprint density at radius 1 is 1.31 bits per heavy atom. The fraction of sp³-hybridized carbons (Fsp3) is 0.652. The molecule has 0 aromatic carbocycles. The fourth-order valence-corrected chi connectivity index (χ4v) is 5.38. The molecule has 172 valence electrons. The summed E-state index contributed by atoms with van der Waals surface area (Å²) < 4.78 is 12.3. The van der Waals surface area contributed by atoms with Crippen LogP contribution in [0.1, 0.15) is 76.4 Å². The highest BCUT2D eigenvalue weighted by Gasteiger charge is 2.48. The Kier molecular flexibility index (Phi) is 4.92. The van der Waals surface area contributed by atoms with Gasteiger partial charge < -0.3 is 19.4 Å². The molecular weight excluding hydrogens is 410 g/mol. The van der Waals surface area contributed by atoms with Crippen LogP contribution >= 0.6 is 0 Å². The molecule has 0 radical (unpaired) electrons. The Morgan fingerprint density at radius 2 is 2.06 bits per heavy atom. The molecule has 1 fully saturated rings. The van der Waals surface area contributed by atoms with E-state index in [-0.39, 0.29) is 23.0 Å². The maximum atomic E-state index is 13.6. The predicted molar refractivity (Wildman–Crippen MR) is 119 cm³/mol. The molecule has 1 spiro atoms. The zero-order chi connectivity index (χ0) is 22.7. The van der Waals surface area contributed by atoms with Crippen LogP contribution in [0, 0.1) is 0 Å². The zero-order valence-electron chi connectivity index (χ0n) is 19.2. The highest BCUT2D eigenvalue weighted by atomic mass is 16.6. The molecule has 2 aliphatic heterocycles. The second-order valence-corrected chi connectivity index (χ2v) is 10.3. The first-order valence-corrected chi connectivity index (χ1v) is 11.5. The number of piperidine rings is 1. The van der Waals surface area contributed by atoms with Gasteiger partial charge in [0.05, 0.1) is 13.2 Å². The molecule has 2 aromatic rings. The average Bonchev–Trinajstić information content (AvgIpc) is 3.28. The van der Waals surface area contributed by atoms with Gasteiger partial charge in [0.1, 0.15) is 5.60 Å². The van der Waals surface area contributed by atoms with Crippen molar-refractivity contribution in [2.75, 3.05) is 26.3 Å². The molecule has 3 aliphatic rings. The molecule has 9 heteroatoms. The second-order valence-electron chi connectivity index (χ2n) is 10.3. The third-order valence-corrected chi connectivity index (χ3v) is 6.87. The molecule has 0 saturated carbocycles. The smallest absolute Gasteiger partial charge is 0.410 e.